The van der Waals surface area contributed by atoms with Gasteiger partial charge in [0.15, 0.2) is 0 Å². The predicted octanol–water partition coefficient (Wildman–Crippen LogP) is 1.28. The summed E-state index contributed by atoms with van der Waals surface area (Å²) >= 11 is 0. The second-order valence-electron chi connectivity index (χ2n) is 8.44. The molecule has 10 heteroatoms. The molecule has 4 N–H and O–H groups in total. The minimum absolute atomic E-state index is 0.0269. The van der Waals surface area contributed by atoms with Crippen LogP contribution in [0, 0.1) is 5.92 Å². The number of carbonyl (C=O) groups is 4. The number of nitrogens with one attached hydrogen (secondary N) is 4. The van der Waals surface area contributed by atoms with E-state index < -0.39 is 6.04 Å². The summed E-state index contributed by atoms with van der Waals surface area (Å²) in [7, 11) is 0. The van der Waals surface area contributed by atoms with Crippen LogP contribution in [0.2, 0.25) is 0 Å². The molecule has 198 valence electrons. The van der Waals surface area contributed by atoms with Gasteiger partial charge in [-0.05, 0) is 25.7 Å². The molecule has 2 unspecified atom stereocenters. The Labute approximate surface area is 204 Å². The van der Waals surface area contributed by atoms with Crippen LogP contribution in [0.1, 0.15) is 72.6 Å². The lowest BCUT2D eigenvalue weighted by molar-refractivity contribution is -0.128. The Morgan fingerprint density at radius 1 is 0.676 bits per heavy atom. The van der Waals surface area contributed by atoms with Crippen LogP contribution in [0.4, 0.5) is 0 Å². The molecule has 0 aliphatic carbocycles. The van der Waals surface area contributed by atoms with Gasteiger partial charge < -0.3 is 30.7 Å². The van der Waals surface area contributed by atoms with Gasteiger partial charge in [0.1, 0.15) is 6.04 Å². The highest BCUT2D eigenvalue weighted by molar-refractivity contribution is 5.86. The van der Waals surface area contributed by atoms with E-state index in [9.17, 15) is 19.2 Å². The van der Waals surface area contributed by atoms with Gasteiger partial charge in [0.2, 0.25) is 23.6 Å². The monoisotopic (exact) mass is 486 g/mol. The van der Waals surface area contributed by atoms with E-state index in [4.69, 9.17) is 9.47 Å². The molecule has 2 atom stereocenters. The highest BCUT2D eigenvalue weighted by Gasteiger charge is 2.18. The molecule has 0 aromatic heterocycles. The fraction of sp³-hybridized carbons (Fsp3) is 0.833. The number of unbranched alkanes of at least 4 members (excludes halogenated alkanes) is 3. The highest BCUT2D eigenvalue weighted by Crippen LogP contribution is 2.09. The van der Waals surface area contributed by atoms with E-state index in [1.54, 1.807) is 0 Å². The SMILES string of the molecule is CCCCCC(C)C(=O)NCCOCCOCCNC(=O)C(CCCCNC(C)=O)NC(C)=O. The summed E-state index contributed by atoms with van der Waals surface area (Å²) in [5, 5.41) is 11.0. The normalized spacial score (nSPS) is 12.5. The summed E-state index contributed by atoms with van der Waals surface area (Å²) in [6, 6.07) is -0.609. The maximum atomic E-state index is 12.3. The third-order valence-corrected chi connectivity index (χ3v) is 5.14. The third kappa shape index (κ3) is 19.3. The van der Waals surface area contributed by atoms with Gasteiger partial charge in [-0.25, -0.2) is 0 Å². The largest absolute Gasteiger partial charge is 0.377 e. The van der Waals surface area contributed by atoms with Crippen molar-refractivity contribution >= 4 is 23.6 Å². The molecule has 0 bridgehead atoms. The van der Waals surface area contributed by atoms with Gasteiger partial charge in [0, 0.05) is 39.4 Å². The van der Waals surface area contributed by atoms with Crippen molar-refractivity contribution in [2.45, 2.75) is 78.7 Å². The molecule has 0 aromatic rings. The van der Waals surface area contributed by atoms with Crippen molar-refractivity contribution in [1.29, 1.82) is 0 Å². The molecule has 0 aliphatic rings. The number of carbonyl (C=O) groups excluding carboxylic acids is 4. The van der Waals surface area contributed by atoms with Crippen LogP contribution in [0.15, 0.2) is 0 Å². The Balaban J connectivity index is 3.79. The average Bonchev–Trinajstić information content (AvgIpc) is 2.78. The molecule has 4 amide bonds. The Kier molecular flexibility index (Phi) is 20.0. The van der Waals surface area contributed by atoms with Gasteiger partial charge in [-0.2, -0.15) is 0 Å². The topological polar surface area (TPSA) is 135 Å². The van der Waals surface area contributed by atoms with E-state index >= 15 is 0 Å². The maximum Gasteiger partial charge on any atom is 0.242 e. The molecular formula is C24H46N4O6. The second kappa shape index (κ2) is 21.3. The van der Waals surface area contributed by atoms with Gasteiger partial charge in [-0.3, -0.25) is 19.2 Å². The lowest BCUT2D eigenvalue weighted by Gasteiger charge is -2.17. The minimum Gasteiger partial charge on any atom is -0.377 e. The van der Waals surface area contributed by atoms with Crippen molar-refractivity contribution in [1.82, 2.24) is 21.3 Å². The van der Waals surface area contributed by atoms with Crippen LogP contribution >= 0.6 is 0 Å². The maximum absolute atomic E-state index is 12.3. The van der Waals surface area contributed by atoms with Gasteiger partial charge in [-0.15, -0.1) is 0 Å². The lowest BCUT2D eigenvalue weighted by Crippen LogP contribution is -2.46. The second-order valence-corrected chi connectivity index (χ2v) is 8.44. The van der Waals surface area contributed by atoms with Crippen LogP contribution in [0.25, 0.3) is 0 Å². The lowest BCUT2D eigenvalue weighted by atomic mass is 10.0. The quantitative estimate of drug-likeness (QED) is 0.181. The van der Waals surface area contributed by atoms with Crippen LogP contribution in [-0.2, 0) is 28.7 Å². The fourth-order valence-electron chi connectivity index (χ4n) is 3.20. The first kappa shape index (κ1) is 31.8. The van der Waals surface area contributed by atoms with Crippen LogP contribution in [-0.4, -0.2) is 75.7 Å². The van der Waals surface area contributed by atoms with E-state index in [0.717, 1.165) is 32.1 Å². The van der Waals surface area contributed by atoms with Gasteiger partial charge in [0.25, 0.3) is 0 Å². The van der Waals surface area contributed by atoms with Gasteiger partial charge >= 0.3 is 0 Å². The molecule has 34 heavy (non-hydrogen) atoms. The van der Waals surface area contributed by atoms with Crippen molar-refractivity contribution in [3.8, 4) is 0 Å². The Hall–Kier alpha value is -2.20. The zero-order valence-electron chi connectivity index (χ0n) is 21.5. The first-order valence-corrected chi connectivity index (χ1v) is 12.5. The molecule has 0 rings (SSSR count). The molecule has 0 saturated heterocycles. The van der Waals surface area contributed by atoms with Crippen molar-refractivity contribution in [3.05, 3.63) is 0 Å². The summed E-state index contributed by atoms with van der Waals surface area (Å²) in [6.07, 6.45) is 6.21. The summed E-state index contributed by atoms with van der Waals surface area (Å²) in [6.45, 7) is 9.81. The van der Waals surface area contributed by atoms with E-state index in [-0.39, 0.29) is 29.5 Å². The zero-order valence-corrected chi connectivity index (χ0v) is 21.5. The highest BCUT2D eigenvalue weighted by atomic mass is 16.5. The molecule has 0 fully saturated rings. The molecule has 0 saturated carbocycles. The predicted molar refractivity (Wildman–Crippen MR) is 131 cm³/mol. The van der Waals surface area contributed by atoms with Crippen LogP contribution in [0.5, 0.6) is 0 Å². The smallest absolute Gasteiger partial charge is 0.242 e. The molecule has 10 nitrogen and oxygen atoms in total. The third-order valence-electron chi connectivity index (χ3n) is 5.14. The van der Waals surface area contributed by atoms with Crippen LogP contribution < -0.4 is 21.3 Å². The molecular weight excluding hydrogens is 440 g/mol. The fourth-order valence-corrected chi connectivity index (χ4v) is 3.20. The standard InChI is InChI=1S/C24H46N4O6/c1-5-6-7-10-19(2)23(31)26-13-15-33-17-18-34-16-14-27-24(32)22(28-21(4)30)11-8-9-12-25-20(3)29/h19,22H,5-18H2,1-4H3,(H,25,29)(H,26,31)(H,27,32)(H,28,30). The van der Waals surface area contributed by atoms with E-state index in [1.165, 1.54) is 13.8 Å². The molecule has 0 aromatic carbocycles. The molecule has 0 radical (unpaired) electrons. The van der Waals surface area contributed by atoms with Crippen LogP contribution in [0.3, 0.4) is 0 Å². The van der Waals surface area contributed by atoms with Crippen molar-refractivity contribution in [2.24, 2.45) is 5.92 Å². The zero-order chi connectivity index (χ0) is 25.6. The number of rotatable bonds is 21. The number of hydrogen-bond acceptors (Lipinski definition) is 6. The van der Waals surface area contributed by atoms with E-state index in [2.05, 4.69) is 28.2 Å². The number of ether oxygens (including phenoxy) is 2. The molecule has 0 spiro atoms. The summed E-state index contributed by atoms with van der Waals surface area (Å²) in [5.74, 6) is -0.515. The van der Waals surface area contributed by atoms with Crippen molar-refractivity contribution in [3.63, 3.8) is 0 Å². The number of amides is 4. The molecule has 0 heterocycles. The van der Waals surface area contributed by atoms with Gasteiger partial charge in [0.05, 0.1) is 26.4 Å². The summed E-state index contributed by atoms with van der Waals surface area (Å²) < 4.78 is 10.9. The summed E-state index contributed by atoms with van der Waals surface area (Å²) in [5.41, 5.74) is 0. The summed E-state index contributed by atoms with van der Waals surface area (Å²) in [4.78, 5) is 46.5. The first-order valence-electron chi connectivity index (χ1n) is 12.5. The first-order chi connectivity index (χ1) is 16.3. The van der Waals surface area contributed by atoms with Gasteiger partial charge in [-0.1, -0.05) is 33.1 Å². The molecule has 0 aliphatic heterocycles. The van der Waals surface area contributed by atoms with Crippen molar-refractivity contribution in [2.75, 3.05) is 46.1 Å². The Bertz CT molecular complexity index is 588. The average molecular weight is 487 g/mol. The van der Waals surface area contributed by atoms with Crippen molar-refractivity contribution < 1.29 is 28.7 Å². The Morgan fingerprint density at radius 2 is 1.26 bits per heavy atom. The number of hydrogen-bond donors (Lipinski definition) is 4. The van der Waals surface area contributed by atoms with E-state index in [1.807, 2.05) is 6.92 Å². The Morgan fingerprint density at radius 3 is 1.82 bits per heavy atom. The van der Waals surface area contributed by atoms with E-state index in [0.29, 0.717) is 58.9 Å². The minimum atomic E-state index is -0.609.